The third-order valence-electron chi connectivity index (χ3n) is 3.55. The van der Waals surface area contributed by atoms with Gasteiger partial charge >= 0.3 is 0 Å². The number of rotatable bonds is 2. The molecular formula is C14H18BrFN2O. The van der Waals surface area contributed by atoms with Crippen LogP contribution in [-0.4, -0.2) is 37.0 Å². The molecule has 1 aliphatic heterocycles. The van der Waals surface area contributed by atoms with Crippen molar-refractivity contribution in [3.8, 4) is 0 Å². The van der Waals surface area contributed by atoms with Crippen molar-refractivity contribution in [2.45, 2.75) is 25.8 Å². The van der Waals surface area contributed by atoms with Crippen molar-refractivity contribution in [2.75, 3.05) is 20.1 Å². The highest BCUT2D eigenvalue weighted by atomic mass is 79.9. The number of aryl methyl sites for hydroxylation is 1. The lowest BCUT2D eigenvalue weighted by Gasteiger charge is -2.29. The minimum absolute atomic E-state index is 0.135. The van der Waals surface area contributed by atoms with Gasteiger partial charge in [-0.1, -0.05) is 0 Å². The topological polar surface area (TPSA) is 32.3 Å². The Labute approximate surface area is 121 Å². The molecule has 19 heavy (non-hydrogen) atoms. The zero-order valence-corrected chi connectivity index (χ0v) is 12.8. The van der Waals surface area contributed by atoms with Crippen molar-refractivity contribution in [3.63, 3.8) is 0 Å². The molecule has 104 valence electrons. The zero-order chi connectivity index (χ0) is 14.0. The van der Waals surface area contributed by atoms with Crippen LogP contribution in [0.1, 0.15) is 28.8 Å². The number of carbonyl (C=O) groups excluding carboxylic acids is 1. The maximum atomic E-state index is 13.4. The van der Waals surface area contributed by atoms with Crippen molar-refractivity contribution in [1.82, 2.24) is 10.2 Å². The third kappa shape index (κ3) is 3.54. The van der Waals surface area contributed by atoms with Crippen molar-refractivity contribution < 1.29 is 9.18 Å². The molecule has 2 rings (SSSR count). The Morgan fingerprint density at radius 2 is 2.05 bits per heavy atom. The molecule has 1 aliphatic rings. The molecule has 1 fully saturated rings. The Morgan fingerprint density at radius 3 is 2.68 bits per heavy atom. The first kappa shape index (κ1) is 14.5. The minimum atomic E-state index is -0.303. The second-order valence-electron chi connectivity index (χ2n) is 5.13. The summed E-state index contributed by atoms with van der Waals surface area (Å²) in [6, 6.07) is 3.14. The maximum Gasteiger partial charge on any atom is 0.252 e. The Hall–Kier alpha value is -0.940. The number of likely N-dealkylation sites (tertiary alicyclic amines) is 1. The summed E-state index contributed by atoms with van der Waals surface area (Å²) in [4.78, 5) is 14.5. The maximum absolute atomic E-state index is 13.4. The summed E-state index contributed by atoms with van der Waals surface area (Å²) in [6.45, 7) is 3.65. The molecule has 5 heteroatoms. The van der Waals surface area contributed by atoms with Gasteiger partial charge in [-0.2, -0.15) is 0 Å². The van der Waals surface area contributed by atoms with E-state index in [2.05, 4.69) is 33.2 Å². The highest BCUT2D eigenvalue weighted by Crippen LogP contribution is 2.21. The number of nitrogens with one attached hydrogen (secondary N) is 1. The van der Waals surface area contributed by atoms with E-state index in [1.165, 1.54) is 6.07 Å². The predicted molar refractivity (Wildman–Crippen MR) is 76.8 cm³/mol. The van der Waals surface area contributed by atoms with Crippen LogP contribution in [0, 0.1) is 12.7 Å². The molecule has 0 spiro atoms. The van der Waals surface area contributed by atoms with E-state index in [1.54, 1.807) is 13.0 Å². The van der Waals surface area contributed by atoms with Gasteiger partial charge in [0.1, 0.15) is 5.82 Å². The Balaban J connectivity index is 2.06. The van der Waals surface area contributed by atoms with Crippen LogP contribution in [0.4, 0.5) is 4.39 Å². The lowest BCUT2D eigenvalue weighted by Crippen LogP contribution is -2.43. The Bertz CT molecular complexity index is 485. The van der Waals surface area contributed by atoms with Gasteiger partial charge in [0.25, 0.3) is 5.91 Å². The summed E-state index contributed by atoms with van der Waals surface area (Å²) >= 11 is 3.25. The molecule has 1 heterocycles. The number of hydrogen-bond acceptors (Lipinski definition) is 2. The fourth-order valence-electron chi connectivity index (χ4n) is 2.25. The largest absolute Gasteiger partial charge is 0.349 e. The van der Waals surface area contributed by atoms with E-state index in [0.29, 0.717) is 15.6 Å². The molecule has 1 saturated heterocycles. The van der Waals surface area contributed by atoms with Crippen LogP contribution in [0.2, 0.25) is 0 Å². The first-order valence-electron chi connectivity index (χ1n) is 6.42. The van der Waals surface area contributed by atoms with Gasteiger partial charge in [-0.3, -0.25) is 4.79 Å². The van der Waals surface area contributed by atoms with Gasteiger partial charge in [-0.15, -0.1) is 0 Å². The van der Waals surface area contributed by atoms with Crippen molar-refractivity contribution >= 4 is 21.8 Å². The smallest absolute Gasteiger partial charge is 0.252 e. The number of nitrogens with zero attached hydrogens (tertiary/aromatic N) is 1. The molecule has 0 bridgehead atoms. The number of amides is 1. The number of halogens is 2. The van der Waals surface area contributed by atoms with Crippen LogP contribution in [0.25, 0.3) is 0 Å². The van der Waals surface area contributed by atoms with Crippen LogP contribution < -0.4 is 5.32 Å². The fourth-order valence-corrected chi connectivity index (χ4v) is 2.74. The number of hydrogen-bond donors (Lipinski definition) is 1. The Kier molecular flexibility index (Phi) is 4.58. The van der Waals surface area contributed by atoms with Crippen molar-refractivity contribution in [3.05, 3.63) is 33.5 Å². The Morgan fingerprint density at radius 1 is 1.42 bits per heavy atom. The standard InChI is InChI=1S/C14H18BrFN2O/c1-9-7-11(12(15)8-13(9)16)14(19)17-10-3-5-18(2)6-4-10/h7-8,10H,3-6H2,1-2H3,(H,17,19). The van der Waals surface area contributed by atoms with E-state index < -0.39 is 0 Å². The molecular weight excluding hydrogens is 311 g/mol. The highest BCUT2D eigenvalue weighted by molar-refractivity contribution is 9.10. The lowest BCUT2D eigenvalue weighted by atomic mass is 10.0. The highest BCUT2D eigenvalue weighted by Gasteiger charge is 2.20. The van der Waals surface area contributed by atoms with Crippen LogP contribution in [0.15, 0.2) is 16.6 Å². The van der Waals surface area contributed by atoms with Crippen molar-refractivity contribution in [1.29, 1.82) is 0 Å². The van der Waals surface area contributed by atoms with E-state index in [-0.39, 0.29) is 17.8 Å². The first-order chi connectivity index (χ1) is 8.97. The van der Waals surface area contributed by atoms with Crippen molar-refractivity contribution in [2.24, 2.45) is 0 Å². The molecule has 0 radical (unpaired) electrons. The van der Waals surface area contributed by atoms with Gasteiger partial charge in [0.2, 0.25) is 0 Å². The molecule has 0 aromatic heterocycles. The fraction of sp³-hybridized carbons (Fsp3) is 0.500. The van der Waals surface area contributed by atoms with E-state index >= 15 is 0 Å². The molecule has 0 unspecified atom stereocenters. The van der Waals surface area contributed by atoms with Crippen LogP contribution >= 0.6 is 15.9 Å². The molecule has 0 saturated carbocycles. The third-order valence-corrected chi connectivity index (χ3v) is 4.20. The zero-order valence-electron chi connectivity index (χ0n) is 11.2. The molecule has 1 N–H and O–H groups in total. The van der Waals surface area contributed by atoms with E-state index in [1.807, 2.05) is 0 Å². The second-order valence-corrected chi connectivity index (χ2v) is 5.99. The molecule has 1 aromatic rings. The average Bonchev–Trinajstić information content (AvgIpc) is 2.36. The number of piperidine rings is 1. The van der Waals surface area contributed by atoms with E-state index in [9.17, 15) is 9.18 Å². The lowest BCUT2D eigenvalue weighted by molar-refractivity contribution is 0.0916. The normalized spacial score (nSPS) is 17.5. The molecule has 1 aromatic carbocycles. The van der Waals surface area contributed by atoms with Gasteiger partial charge in [-0.25, -0.2) is 4.39 Å². The van der Waals surface area contributed by atoms with Gasteiger partial charge < -0.3 is 10.2 Å². The monoisotopic (exact) mass is 328 g/mol. The number of benzene rings is 1. The molecule has 3 nitrogen and oxygen atoms in total. The molecule has 0 aliphatic carbocycles. The van der Waals surface area contributed by atoms with Gasteiger partial charge in [0, 0.05) is 10.5 Å². The minimum Gasteiger partial charge on any atom is -0.349 e. The van der Waals surface area contributed by atoms with Crippen LogP contribution in [-0.2, 0) is 0 Å². The second kappa shape index (κ2) is 6.01. The van der Waals surface area contributed by atoms with Gasteiger partial charge in [0.15, 0.2) is 0 Å². The van der Waals surface area contributed by atoms with E-state index in [4.69, 9.17) is 0 Å². The molecule has 1 amide bonds. The molecule has 0 atom stereocenters. The van der Waals surface area contributed by atoms with Crippen LogP contribution in [0.5, 0.6) is 0 Å². The summed E-state index contributed by atoms with van der Waals surface area (Å²) in [6.07, 6.45) is 1.92. The SMILES string of the molecule is Cc1cc(C(=O)NC2CCN(C)CC2)c(Br)cc1F. The van der Waals surface area contributed by atoms with E-state index in [0.717, 1.165) is 25.9 Å². The summed E-state index contributed by atoms with van der Waals surface area (Å²) in [7, 11) is 2.08. The number of carbonyl (C=O) groups is 1. The average molecular weight is 329 g/mol. The summed E-state index contributed by atoms with van der Waals surface area (Å²) in [5, 5.41) is 3.03. The van der Waals surface area contributed by atoms with Gasteiger partial charge in [0.05, 0.1) is 5.56 Å². The quantitative estimate of drug-likeness (QED) is 0.905. The first-order valence-corrected chi connectivity index (χ1v) is 7.21. The summed E-state index contributed by atoms with van der Waals surface area (Å²) < 4.78 is 13.9. The summed E-state index contributed by atoms with van der Waals surface area (Å²) in [5.74, 6) is -0.438. The predicted octanol–water partition coefficient (Wildman–Crippen LogP) is 2.72. The van der Waals surface area contributed by atoms with Crippen LogP contribution in [0.3, 0.4) is 0 Å². The van der Waals surface area contributed by atoms with Gasteiger partial charge in [-0.05, 0) is 73.5 Å². The summed E-state index contributed by atoms with van der Waals surface area (Å²) in [5.41, 5.74) is 0.981.